The summed E-state index contributed by atoms with van der Waals surface area (Å²) >= 11 is 0. The van der Waals surface area contributed by atoms with E-state index in [1.807, 2.05) is 37.3 Å². The van der Waals surface area contributed by atoms with Crippen molar-refractivity contribution < 1.29 is 13.2 Å². The molecular weight excluding hydrogens is 276 g/mol. The molecule has 2 N–H and O–H groups in total. The molecule has 0 aliphatic heterocycles. The molecule has 6 heteroatoms. The quantitative estimate of drug-likeness (QED) is 0.670. The van der Waals surface area contributed by atoms with Crippen molar-refractivity contribution in [3.8, 4) is 0 Å². The van der Waals surface area contributed by atoms with Crippen molar-refractivity contribution in [1.29, 1.82) is 0 Å². The van der Waals surface area contributed by atoms with Crippen LogP contribution in [0.1, 0.15) is 25.3 Å². The summed E-state index contributed by atoms with van der Waals surface area (Å²) in [4.78, 5) is 11.4. The second-order valence-corrected chi connectivity index (χ2v) is 6.51. The van der Waals surface area contributed by atoms with Crippen molar-refractivity contribution in [3.05, 3.63) is 35.9 Å². The summed E-state index contributed by atoms with van der Waals surface area (Å²) < 4.78 is 25.8. The number of sulfonamides is 1. The highest BCUT2D eigenvalue weighted by atomic mass is 32.2. The standard InChI is InChI=1S/C14H22N2O3S/c1-2-3-10-15-14(17)12-16-20(18,19)11-9-13-7-5-4-6-8-13/h4-8,16H,2-3,9-12H2,1H3,(H,15,17). The highest BCUT2D eigenvalue weighted by molar-refractivity contribution is 7.89. The molecule has 5 nitrogen and oxygen atoms in total. The van der Waals surface area contributed by atoms with Crippen LogP contribution < -0.4 is 10.0 Å². The van der Waals surface area contributed by atoms with E-state index in [2.05, 4.69) is 10.0 Å². The van der Waals surface area contributed by atoms with Gasteiger partial charge >= 0.3 is 0 Å². The molecule has 0 saturated heterocycles. The van der Waals surface area contributed by atoms with Crippen LogP contribution in [-0.2, 0) is 21.2 Å². The average Bonchev–Trinajstić information content (AvgIpc) is 2.45. The number of hydrogen-bond donors (Lipinski definition) is 2. The lowest BCUT2D eigenvalue weighted by Gasteiger charge is -2.07. The maximum absolute atomic E-state index is 11.7. The molecule has 0 radical (unpaired) electrons. The Balaban J connectivity index is 2.29. The van der Waals surface area contributed by atoms with E-state index in [0.717, 1.165) is 18.4 Å². The van der Waals surface area contributed by atoms with Crippen LogP contribution in [0.2, 0.25) is 0 Å². The predicted octanol–water partition coefficient (Wildman–Crippen LogP) is 1.06. The Labute approximate surface area is 120 Å². The number of hydrogen-bond acceptors (Lipinski definition) is 3. The third-order valence-corrected chi connectivity index (χ3v) is 4.13. The van der Waals surface area contributed by atoms with E-state index in [9.17, 15) is 13.2 Å². The molecule has 0 unspecified atom stereocenters. The predicted molar refractivity (Wildman–Crippen MR) is 79.9 cm³/mol. The third-order valence-electron chi connectivity index (χ3n) is 2.81. The van der Waals surface area contributed by atoms with Crippen molar-refractivity contribution in [3.63, 3.8) is 0 Å². The lowest BCUT2D eigenvalue weighted by atomic mass is 10.2. The van der Waals surface area contributed by atoms with Gasteiger partial charge in [-0.2, -0.15) is 0 Å². The maximum Gasteiger partial charge on any atom is 0.235 e. The van der Waals surface area contributed by atoms with Gasteiger partial charge < -0.3 is 5.32 Å². The van der Waals surface area contributed by atoms with Gasteiger partial charge in [0.25, 0.3) is 0 Å². The number of aryl methyl sites for hydroxylation is 1. The van der Waals surface area contributed by atoms with Gasteiger partial charge in [-0.05, 0) is 18.4 Å². The van der Waals surface area contributed by atoms with Gasteiger partial charge in [0.05, 0.1) is 12.3 Å². The largest absolute Gasteiger partial charge is 0.355 e. The van der Waals surface area contributed by atoms with Crippen LogP contribution in [0.5, 0.6) is 0 Å². The molecule has 1 aromatic carbocycles. The van der Waals surface area contributed by atoms with Crippen LogP contribution in [-0.4, -0.2) is 33.2 Å². The van der Waals surface area contributed by atoms with E-state index in [1.54, 1.807) is 0 Å². The summed E-state index contributed by atoms with van der Waals surface area (Å²) in [5.41, 5.74) is 0.963. The summed E-state index contributed by atoms with van der Waals surface area (Å²) in [5.74, 6) is -0.305. The molecule has 112 valence electrons. The lowest BCUT2D eigenvalue weighted by molar-refractivity contribution is -0.119. The number of carbonyl (C=O) groups excluding carboxylic acids is 1. The van der Waals surface area contributed by atoms with Gasteiger partial charge in [0.1, 0.15) is 0 Å². The summed E-state index contributed by atoms with van der Waals surface area (Å²) in [6.07, 6.45) is 2.32. The first kappa shape index (κ1) is 16.7. The SMILES string of the molecule is CCCCNC(=O)CNS(=O)(=O)CCc1ccccc1. The van der Waals surface area contributed by atoms with Gasteiger partial charge in [-0.15, -0.1) is 0 Å². The fourth-order valence-electron chi connectivity index (χ4n) is 1.61. The molecular formula is C14H22N2O3S. The molecule has 0 aliphatic rings. The molecule has 0 bridgehead atoms. The first-order chi connectivity index (χ1) is 9.53. The smallest absolute Gasteiger partial charge is 0.235 e. The molecule has 20 heavy (non-hydrogen) atoms. The van der Waals surface area contributed by atoms with Crippen LogP contribution in [0.25, 0.3) is 0 Å². The average molecular weight is 298 g/mol. The third kappa shape index (κ3) is 7.25. The monoisotopic (exact) mass is 298 g/mol. The van der Waals surface area contributed by atoms with Crippen LogP contribution >= 0.6 is 0 Å². The van der Waals surface area contributed by atoms with Gasteiger partial charge in [0, 0.05) is 6.54 Å². The minimum Gasteiger partial charge on any atom is -0.355 e. The second-order valence-electron chi connectivity index (χ2n) is 4.58. The number of amides is 1. The number of carbonyl (C=O) groups is 1. The zero-order chi connectivity index (χ0) is 14.8. The molecule has 0 saturated carbocycles. The zero-order valence-corrected chi connectivity index (χ0v) is 12.6. The molecule has 1 amide bonds. The van der Waals surface area contributed by atoms with Gasteiger partial charge in [0.15, 0.2) is 0 Å². The molecule has 0 aliphatic carbocycles. The lowest BCUT2D eigenvalue weighted by Crippen LogP contribution is -2.38. The number of unbranched alkanes of at least 4 members (excludes halogenated alkanes) is 1. The molecule has 1 aromatic rings. The second kappa shape index (κ2) is 8.71. The Morgan fingerprint density at radius 1 is 1.20 bits per heavy atom. The maximum atomic E-state index is 11.7. The first-order valence-electron chi connectivity index (χ1n) is 6.81. The minimum absolute atomic E-state index is 0.0146. The normalized spacial score (nSPS) is 11.2. The summed E-state index contributed by atoms with van der Waals surface area (Å²) in [7, 11) is -3.42. The van der Waals surface area contributed by atoms with Crippen LogP contribution in [0.4, 0.5) is 0 Å². The van der Waals surface area contributed by atoms with Crippen LogP contribution in [0.3, 0.4) is 0 Å². The molecule has 0 spiro atoms. The summed E-state index contributed by atoms with van der Waals surface area (Å²) in [6.45, 7) is 2.42. The Morgan fingerprint density at radius 3 is 2.55 bits per heavy atom. The summed E-state index contributed by atoms with van der Waals surface area (Å²) in [6, 6.07) is 9.39. The van der Waals surface area contributed by atoms with E-state index in [0.29, 0.717) is 13.0 Å². The van der Waals surface area contributed by atoms with E-state index >= 15 is 0 Å². The highest BCUT2D eigenvalue weighted by Gasteiger charge is 2.12. The van der Waals surface area contributed by atoms with Gasteiger partial charge in [-0.1, -0.05) is 43.7 Å². The van der Waals surface area contributed by atoms with E-state index < -0.39 is 10.0 Å². The van der Waals surface area contributed by atoms with Gasteiger partial charge in [0.2, 0.25) is 15.9 Å². The minimum atomic E-state index is -3.42. The Bertz CT molecular complexity index is 500. The zero-order valence-electron chi connectivity index (χ0n) is 11.8. The van der Waals surface area contributed by atoms with Crippen LogP contribution in [0, 0.1) is 0 Å². The van der Waals surface area contributed by atoms with Crippen molar-refractivity contribution in [1.82, 2.24) is 10.0 Å². The summed E-state index contributed by atoms with van der Waals surface area (Å²) in [5, 5.41) is 2.66. The number of rotatable bonds is 9. The molecule has 1 rings (SSSR count). The molecule has 0 atom stereocenters. The van der Waals surface area contributed by atoms with E-state index in [1.165, 1.54) is 0 Å². The van der Waals surface area contributed by atoms with E-state index in [-0.39, 0.29) is 18.2 Å². The highest BCUT2D eigenvalue weighted by Crippen LogP contribution is 2.01. The fraction of sp³-hybridized carbons (Fsp3) is 0.500. The molecule has 0 heterocycles. The topological polar surface area (TPSA) is 75.3 Å². The van der Waals surface area contributed by atoms with Crippen molar-refractivity contribution in [2.24, 2.45) is 0 Å². The first-order valence-corrected chi connectivity index (χ1v) is 8.46. The number of benzene rings is 1. The molecule has 0 fully saturated rings. The Kier molecular flexibility index (Phi) is 7.25. The fourth-order valence-corrected chi connectivity index (χ4v) is 2.61. The van der Waals surface area contributed by atoms with Crippen molar-refractivity contribution >= 4 is 15.9 Å². The van der Waals surface area contributed by atoms with Gasteiger partial charge in [-0.3, -0.25) is 4.79 Å². The van der Waals surface area contributed by atoms with Crippen molar-refractivity contribution in [2.45, 2.75) is 26.2 Å². The molecule has 0 aromatic heterocycles. The van der Waals surface area contributed by atoms with Crippen molar-refractivity contribution in [2.75, 3.05) is 18.8 Å². The van der Waals surface area contributed by atoms with Gasteiger partial charge in [-0.25, -0.2) is 13.1 Å². The Hall–Kier alpha value is -1.40. The Morgan fingerprint density at radius 2 is 1.90 bits per heavy atom. The number of nitrogens with one attached hydrogen (secondary N) is 2. The van der Waals surface area contributed by atoms with Crippen LogP contribution in [0.15, 0.2) is 30.3 Å². The van der Waals surface area contributed by atoms with E-state index in [4.69, 9.17) is 0 Å².